The first-order valence-electron chi connectivity index (χ1n) is 7.95. The number of likely N-dealkylation sites (tertiary alicyclic amines) is 1. The average Bonchev–Trinajstić information content (AvgIpc) is 2.53. The fraction of sp³-hybridized carbons (Fsp3) is 0.529. The quantitative estimate of drug-likeness (QED) is 0.859. The maximum Gasteiger partial charge on any atom is 0.265 e. The zero-order chi connectivity index (χ0) is 15.5. The molecule has 0 aromatic heterocycles. The molecule has 2 amide bonds. The van der Waals surface area contributed by atoms with E-state index in [1.165, 1.54) is 6.42 Å². The Bertz CT molecular complexity index is 573. The third kappa shape index (κ3) is 3.08. The molecule has 0 aliphatic carbocycles. The molecule has 0 bridgehead atoms. The fourth-order valence-corrected chi connectivity index (χ4v) is 3.18. The number of hydrogen-bond donors (Lipinski definition) is 0. The molecule has 2 aliphatic rings. The maximum atomic E-state index is 12.4. The molecule has 1 aromatic carbocycles. The van der Waals surface area contributed by atoms with Crippen LogP contribution in [0.15, 0.2) is 24.3 Å². The van der Waals surface area contributed by atoms with Gasteiger partial charge in [-0.05, 0) is 30.9 Å². The van der Waals surface area contributed by atoms with Crippen molar-refractivity contribution in [3.05, 3.63) is 24.3 Å². The lowest BCUT2D eigenvalue weighted by atomic mass is 10.00. The van der Waals surface area contributed by atoms with Crippen molar-refractivity contribution in [2.24, 2.45) is 5.92 Å². The van der Waals surface area contributed by atoms with Gasteiger partial charge < -0.3 is 14.5 Å². The Kier molecular flexibility index (Phi) is 4.32. The molecule has 1 unspecified atom stereocenters. The summed E-state index contributed by atoms with van der Waals surface area (Å²) >= 11 is 0. The third-order valence-electron chi connectivity index (χ3n) is 4.37. The van der Waals surface area contributed by atoms with E-state index in [2.05, 4.69) is 6.92 Å². The summed E-state index contributed by atoms with van der Waals surface area (Å²) in [4.78, 5) is 28.0. The van der Waals surface area contributed by atoms with E-state index in [1.54, 1.807) is 4.90 Å². The van der Waals surface area contributed by atoms with Crippen molar-refractivity contribution in [3.8, 4) is 5.75 Å². The number of ether oxygens (including phenoxy) is 1. The first kappa shape index (κ1) is 14.9. The first-order valence-corrected chi connectivity index (χ1v) is 7.95. The van der Waals surface area contributed by atoms with Crippen LogP contribution in [-0.2, 0) is 9.59 Å². The molecular weight excluding hydrogens is 280 g/mol. The van der Waals surface area contributed by atoms with Gasteiger partial charge >= 0.3 is 0 Å². The van der Waals surface area contributed by atoms with E-state index in [-0.39, 0.29) is 18.4 Å². The number of rotatable bonds is 3. The van der Waals surface area contributed by atoms with Gasteiger partial charge in [-0.3, -0.25) is 9.59 Å². The number of piperidine rings is 1. The van der Waals surface area contributed by atoms with Crippen LogP contribution in [-0.4, -0.2) is 43.0 Å². The molecule has 3 rings (SSSR count). The van der Waals surface area contributed by atoms with Crippen LogP contribution in [0, 0.1) is 5.92 Å². The summed E-state index contributed by atoms with van der Waals surface area (Å²) in [5.41, 5.74) is 0.763. The molecule has 22 heavy (non-hydrogen) atoms. The summed E-state index contributed by atoms with van der Waals surface area (Å²) in [6.45, 7) is 4.33. The predicted molar refractivity (Wildman–Crippen MR) is 83.9 cm³/mol. The van der Waals surface area contributed by atoms with Crippen LogP contribution in [0.2, 0.25) is 0 Å². The summed E-state index contributed by atoms with van der Waals surface area (Å²) in [6.07, 6.45) is 2.64. The zero-order valence-corrected chi connectivity index (χ0v) is 13.0. The minimum absolute atomic E-state index is 0.0476. The van der Waals surface area contributed by atoms with Crippen LogP contribution in [0.5, 0.6) is 5.75 Å². The number of amides is 2. The average molecular weight is 302 g/mol. The Labute approximate surface area is 130 Å². The second kappa shape index (κ2) is 6.38. The molecule has 118 valence electrons. The normalized spacial score (nSPS) is 21.3. The highest BCUT2D eigenvalue weighted by Crippen LogP contribution is 2.31. The summed E-state index contributed by atoms with van der Waals surface area (Å²) < 4.78 is 5.42. The Balaban J connectivity index is 1.63. The number of benzene rings is 1. The third-order valence-corrected chi connectivity index (χ3v) is 4.37. The second-order valence-corrected chi connectivity index (χ2v) is 6.14. The Hall–Kier alpha value is -2.04. The highest BCUT2D eigenvalue weighted by molar-refractivity contribution is 5.98. The summed E-state index contributed by atoms with van der Waals surface area (Å²) in [7, 11) is 0. The van der Waals surface area contributed by atoms with Crippen LogP contribution in [0.25, 0.3) is 0 Å². The van der Waals surface area contributed by atoms with Gasteiger partial charge in [0.15, 0.2) is 6.61 Å². The van der Waals surface area contributed by atoms with Gasteiger partial charge in [0.05, 0.1) is 5.69 Å². The van der Waals surface area contributed by atoms with Gasteiger partial charge in [-0.15, -0.1) is 0 Å². The molecule has 1 aromatic rings. The number of nitrogens with zero attached hydrogens (tertiary/aromatic N) is 2. The van der Waals surface area contributed by atoms with E-state index in [0.717, 1.165) is 25.2 Å². The molecule has 1 saturated heterocycles. The van der Waals surface area contributed by atoms with Crippen LogP contribution in [0.1, 0.15) is 26.2 Å². The molecule has 1 atom stereocenters. The number of hydrogen-bond acceptors (Lipinski definition) is 3. The van der Waals surface area contributed by atoms with Gasteiger partial charge in [0.2, 0.25) is 5.91 Å². The lowest BCUT2D eigenvalue weighted by Gasteiger charge is -2.33. The SMILES string of the molecule is CC1CCCN(C(=O)CCN2C(=O)COc3ccccc32)C1. The Morgan fingerprint density at radius 3 is 3.00 bits per heavy atom. The molecule has 1 fully saturated rings. The second-order valence-electron chi connectivity index (χ2n) is 6.14. The van der Waals surface area contributed by atoms with E-state index < -0.39 is 0 Å². The minimum atomic E-state index is -0.0847. The minimum Gasteiger partial charge on any atom is -0.482 e. The summed E-state index contributed by atoms with van der Waals surface area (Å²) in [5.74, 6) is 1.34. The predicted octanol–water partition coefficient (Wildman–Crippen LogP) is 2.06. The monoisotopic (exact) mass is 302 g/mol. The van der Waals surface area contributed by atoms with Crippen molar-refractivity contribution >= 4 is 17.5 Å². The topological polar surface area (TPSA) is 49.9 Å². The highest BCUT2D eigenvalue weighted by atomic mass is 16.5. The Morgan fingerprint density at radius 1 is 1.36 bits per heavy atom. The fourth-order valence-electron chi connectivity index (χ4n) is 3.18. The Morgan fingerprint density at radius 2 is 2.18 bits per heavy atom. The van der Waals surface area contributed by atoms with Gasteiger partial charge in [-0.2, -0.15) is 0 Å². The molecule has 0 spiro atoms. The molecule has 0 N–H and O–H groups in total. The van der Waals surface area contributed by atoms with Crippen molar-refractivity contribution in [2.75, 3.05) is 31.1 Å². The molecule has 2 heterocycles. The van der Waals surface area contributed by atoms with E-state index >= 15 is 0 Å². The summed E-state index contributed by atoms with van der Waals surface area (Å²) in [6, 6.07) is 7.47. The van der Waals surface area contributed by atoms with Crippen molar-refractivity contribution in [1.29, 1.82) is 0 Å². The molecule has 0 radical (unpaired) electrons. The number of para-hydroxylation sites is 2. The molecule has 2 aliphatic heterocycles. The molecule has 5 heteroatoms. The zero-order valence-electron chi connectivity index (χ0n) is 13.0. The van der Waals surface area contributed by atoms with Crippen LogP contribution in [0.3, 0.4) is 0 Å². The van der Waals surface area contributed by atoms with E-state index in [1.807, 2.05) is 29.2 Å². The van der Waals surface area contributed by atoms with Crippen LogP contribution < -0.4 is 9.64 Å². The molecule has 5 nitrogen and oxygen atoms in total. The highest BCUT2D eigenvalue weighted by Gasteiger charge is 2.27. The first-order chi connectivity index (χ1) is 10.6. The van der Waals surface area contributed by atoms with Gasteiger partial charge in [-0.1, -0.05) is 19.1 Å². The number of fused-ring (bicyclic) bond motifs is 1. The van der Waals surface area contributed by atoms with Crippen molar-refractivity contribution < 1.29 is 14.3 Å². The molecule has 0 saturated carbocycles. The van der Waals surface area contributed by atoms with E-state index in [0.29, 0.717) is 24.6 Å². The van der Waals surface area contributed by atoms with Crippen LogP contribution >= 0.6 is 0 Å². The van der Waals surface area contributed by atoms with Crippen molar-refractivity contribution in [2.45, 2.75) is 26.2 Å². The van der Waals surface area contributed by atoms with Gasteiger partial charge in [0, 0.05) is 26.1 Å². The number of anilines is 1. The van der Waals surface area contributed by atoms with Gasteiger partial charge in [-0.25, -0.2) is 0 Å². The van der Waals surface area contributed by atoms with Crippen molar-refractivity contribution in [3.63, 3.8) is 0 Å². The largest absolute Gasteiger partial charge is 0.482 e. The van der Waals surface area contributed by atoms with Gasteiger partial charge in [0.1, 0.15) is 5.75 Å². The smallest absolute Gasteiger partial charge is 0.265 e. The maximum absolute atomic E-state index is 12.4. The summed E-state index contributed by atoms with van der Waals surface area (Å²) in [5, 5.41) is 0. The molecular formula is C17H22N2O3. The van der Waals surface area contributed by atoms with E-state index in [9.17, 15) is 9.59 Å². The number of carbonyl (C=O) groups excluding carboxylic acids is 2. The standard InChI is InChI=1S/C17H22N2O3/c1-13-5-4-9-18(11-13)16(20)8-10-19-14-6-2-3-7-15(14)22-12-17(19)21/h2-3,6-7,13H,4-5,8-12H2,1H3. The lowest BCUT2D eigenvalue weighted by molar-refractivity contribution is -0.132. The lowest BCUT2D eigenvalue weighted by Crippen LogP contribution is -2.43. The number of carbonyl (C=O) groups is 2. The van der Waals surface area contributed by atoms with E-state index in [4.69, 9.17) is 4.74 Å². The van der Waals surface area contributed by atoms with Crippen molar-refractivity contribution in [1.82, 2.24) is 4.90 Å². The van der Waals surface area contributed by atoms with Crippen LogP contribution in [0.4, 0.5) is 5.69 Å². The van der Waals surface area contributed by atoms with Gasteiger partial charge in [0.25, 0.3) is 5.91 Å².